The van der Waals surface area contributed by atoms with Crippen LogP contribution in [0.1, 0.15) is 15.9 Å². The second-order valence-electron chi connectivity index (χ2n) is 4.70. The summed E-state index contributed by atoms with van der Waals surface area (Å²) >= 11 is 6.05. The van der Waals surface area contributed by atoms with Crippen LogP contribution in [0.3, 0.4) is 0 Å². The Morgan fingerprint density at radius 3 is 2.60 bits per heavy atom. The molecule has 0 aliphatic heterocycles. The van der Waals surface area contributed by atoms with Gasteiger partial charge in [-0.2, -0.15) is 0 Å². The fourth-order valence-electron chi connectivity index (χ4n) is 1.96. The summed E-state index contributed by atoms with van der Waals surface area (Å²) in [6.07, 6.45) is 0.809. The third-order valence-corrected chi connectivity index (χ3v) is 3.48. The van der Waals surface area contributed by atoms with Crippen LogP contribution >= 0.6 is 11.6 Å². The summed E-state index contributed by atoms with van der Waals surface area (Å²) in [5.74, 6) is -0.113. The maximum absolute atomic E-state index is 12.3. The predicted molar refractivity (Wildman–Crippen MR) is 83.0 cm³/mol. The summed E-state index contributed by atoms with van der Waals surface area (Å²) in [7, 11) is 1.77. The van der Waals surface area contributed by atoms with E-state index in [-0.39, 0.29) is 5.91 Å². The average molecular weight is 289 g/mol. The van der Waals surface area contributed by atoms with Crippen molar-refractivity contribution in [1.82, 2.24) is 4.90 Å². The lowest BCUT2D eigenvalue weighted by molar-refractivity contribution is 0.0797. The van der Waals surface area contributed by atoms with Crippen LogP contribution in [-0.2, 0) is 6.42 Å². The Labute approximate surface area is 124 Å². The van der Waals surface area contributed by atoms with Gasteiger partial charge >= 0.3 is 0 Å². The summed E-state index contributed by atoms with van der Waals surface area (Å²) < 4.78 is 0. The Hall–Kier alpha value is -2.00. The van der Waals surface area contributed by atoms with Crippen LogP contribution in [0.15, 0.2) is 48.5 Å². The van der Waals surface area contributed by atoms with Gasteiger partial charge in [0, 0.05) is 19.3 Å². The van der Waals surface area contributed by atoms with Crippen LogP contribution < -0.4 is 5.73 Å². The zero-order chi connectivity index (χ0) is 14.5. The van der Waals surface area contributed by atoms with E-state index in [2.05, 4.69) is 0 Å². The number of carbonyl (C=O) groups excluding carboxylic acids is 1. The Balaban J connectivity index is 2.03. The standard InChI is InChI=1S/C16H17ClN2O/c1-19(10-9-12-5-3-2-4-6-12)16(20)14-11-13(18)7-8-15(14)17/h2-8,11H,9-10,18H2,1H3. The van der Waals surface area contributed by atoms with E-state index < -0.39 is 0 Å². The number of benzene rings is 2. The number of likely N-dealkylation sites (N-methyl/N-ethyl adjacent to an activating group) is 1. The van der Waals surface area contributed by atoms with E-state index in [1.54, 1.807) is 30.1 Å². The van der Waals surface area contributed by atoms with Gasteiger partial charge in [-0.1, -0.05) is 41.9 Å². The molecule has 0 radical (unpaired) electrons. The quantitative estimate of drug-likeness (QED) is 0.878. The number of nitrogens with zero attached hydrogens (tertiary/aromatic N) is 1. The van der Waals surface area contributed by atoms with E-state index >= 15 is 0 Å². The van der Waals surface area contributed by atoms with Gasteiger partial charge in [0.2, 0.25) is 0 Å². The van der Waals surface area contributed by atoms with Crippen LogP contribution in [0.25, 0.3) is 0 Å². The molecule has 20 heavy (non-hydrogen) atoms. The van der Waals surface area contributed by atoms with E-state index in [4.69, 9.17) is 17.3 Å². The van der Waals surface area contributed by atoms with E-state index in [1.807, 2.05) is 30.3 Å². The largest absolute Gasteiger partial charge is 0.399 e. The van der Waals surface area contributed by atoms with Crippen LogP contribution in [0.4, 0.5) is 5.69 Å². The van der Waals surface area contributed by atoms with Crippen molar-refractivity contribution in [2.45, 2.75) is 6.42 Å². The highest BCUT2D eigenvalue weighted by Crippen LogP contribution is 2.20. The Bertz CT molecular complexity index is 599. The van der Waals surface area contributed by atoms with E-state index in [0.29, 0.717) is 22.8 Å². The molecule has 0 aromatic heterocycles. The number of anilines is 1. The molecule has 4 heteroatoms. The maximum atomic E-state index is 12.3. The first-order valence-electron chi connectivity index (χ1n) is 6.42. The van der Waals surface area contributed by atoms with Crippen molar-refractivity contribution in [2.75, 3.05) is 19.3 Å². The molecule has 0 unspecified atom stereocenters. The zero-order valence-corrected chi connectivity index (χ0v) is 12.1. The average Bonchev–Trinajstić information content (AvgIpc) is 2.47. The van der Waals surface area contributed by atoms with Crippen molar-refractivity contribution >= 4 is 23.2 Å². The number of amides is 1. The first kappa shape index (κ1) is 14.4. The van der Waals surface area contributed by atoms with Crippen molar-refractivity contribution in [3.63, 3.8) is 0 Å². The van der Waals surface area contributed by atoms with E-state index in [1.165, 1.54) is 5.56 Å². The number of hydrogen-bond acceptors (Lipinski definition) is 2. The van der Waals surface area contributed by atoms with Gasteiger partial charge in [-0.05, 0) is 30.2 Å². The highest BCUT2D eigenvalue weighted by atomic mass is 35.5. The smallest absolute Gasteiger partial charge is 0.255 e. The van der Waals surface area contributed by atoms with E-state index in [0.717, 1.165) is 6.42 Å². The second-order valence-corrected chi connectivity index (χ2v) is 5.11. The van der Waals surface area contributed by atoms with Crippen molar-refractivity contribution in [1.29, 1.82) is 0 Å². The number of halogens is 1. The summed E-state index contributed by atoms with van der Waals surface area (Å²) in [6.45, 7) is 0.633. The highest BCUT2D eigenvalue weighted by Gasteiger charge is 2.15. The number of rotatable bonds is 4. The number of carbonyl (C=O) groups is 1. The van der Waals surface area contributed by atoms with Gasteiger partial charge < -0.3 is 10.6 Å². The molecular weight excluding hydrogens is 272 g/mol. The first-order chi connectivity index (χ1) is 9.58. The molecule has 3 nitrogen and oxygen atoms in total. The third kappa shape index (κ3) is 3.52. The molecule has 0 fully saturated rings. The van der Waals surface area contributed by atoms with E-state index in [9.17, 15) is 4.79 Å². The molecule has 0 heterocycles. The van der Waals surface area contributed by atoms with Crippen molar-refractivity contribution in [3.05, 3.63) is 64.7 Å². The lowest BCUT2D eigenvalue weighted by Crippen LogP contribution is -2.29. The van der Waals surface area contributed by atoms with Gasteiger partial charge in [0.25, 0.3) is 5.91 Å². The minimum absolute atomic E-state index is 0.113. The fraction of sp³-hybridized carbons (Fsp3) is 0.188. The molecular formula is C16H17ClN2O. The minimum atomic E-state index is -0.113. The zero-order valence-electron chi connectivity index (χ0n) is 11.3. The molecule has 2 aromatic rings. The maximum Gasteiger partial charge on any atom is 0.255 e. The van der Waals surface area contributed by atoms with Gasteiger partial charge in [0.15, 0.2) is 0 Å². The molecule has 0 saturated carbocycles. The van der Waals surface area contributed by atoms with Gasteiger partial charge in [0.1, 0.15) is 0 Å². The Kier molecular flexibility index (Phi) is 4.64. The van der Waals surface area contributed by atoms with Gasteiger partial charge in [-0.15, -0.1) is 0 Å². The van der Waals surface area contributed by atoms with Crippen LogP contribution in [0, 0.1) is 0 Å². The topological polar surface area (TPSA) is 46.3 Å². The molecule has 1 amide bonds. The van der Waals surface area contributed by atoms with Gasteiger partial charge in [-0.25, -0.2) is 0 Å². The van der Waals surface area contributed by atoms with Crippen LogP contribution in [0.2, 0.25) is 5.02 Å². The van der Waals surface area contributed by atoms with Crippen LogP contribution in [-0.4, -0.2) is 24.4 Å². The number of nitrogens with two attached hydrogens (primary N) is 1. The number of nitrogen functional groups attached to an aromatic ring is 1. The summed E-state index contributed by atoms with van der Waals surface area (Å²) in [6, 6.07) is 15.0. The van der Waals surface area contributed by atoms with Crippen molar-refractivity contribution in [2.24, 2.45) is 0 Å². The summed E-state index contributed by atoms with van der Waals surface area (Å²) in [4.78, 5) is 14.0. The fourth-order valence-corrected chi connectivity index (χ4v) is 2.15. The Morgan fingerprint density at radius 2 is 1.90 bits per heavy atom. The van der Waals surface area contributed by atoms with Crippen molar-refractivity contribution in [3.8, 4) is 0 Å². The predicted octanol–water partition coefficient (Wildman–Crippen LogP) is 3.24. The molecule has 2 rings (SSSR count). The summed E-state index contributed by atoms with van der Waals surface area (Å²) in [5.41, 5.74) is 7.88. The molecule has 0 spiro atoms. The number of hydrogen-bond donors (Lipinski definition) is 1. The molecule has 0 saturated heterocycles. The molecule has 0 aliphatic carbocycles. The minimum Gasteiger partial charge on any atom is -0.399 e. The van der Waals surface area contributed by atoms with Crippen molar-refractivity contribution < 1.29 is 4.79 Å². The molecule has 2 aromatic carbocycles. The lowest BCUT2D eigenvalue weighted by atomic mass is 10.1. The Morgan fingerprint density at radius 1 is 1.20 bits per heavy atom. The third-order valence-electron chi connectivity index (χ3n) is 3.15. The molecule has 0 aliphatic rings. The summed E-state index contributed by atoms with van der Waals surface area (Å²) in [5, 5.41) is 0.427. The molecule has 104 valence electrons. The normalized spacial score (nSPS) is 10.3. The SMILES string of the molecule is CN(CCc1ccccc1)C(=O)c1cc(N)ccc1Cl. The second kappa shape index (κ2) is 6.44. The molecule has 0 bridgehead atoms. The molecule has 0 atom stereocenters. The van der Waals surface area contributed by atoms with Gasteiger partial charge in [-0.3, -0.25) is 4.79 Å². The highest BCUT2D eigenvalue weighted by molar-refractivity contribution is 6.33. The molecule has 2 N–H and O–H groups in total. The first-order valence-corrected chi connectivity index (χ1v) is 6.80. The van der Waals surface area contributed by atoms with Crippen LogP contribution in [0.5, 0.6) is 0 Å². The lowest BCUT2D eigenvalue weighted by Gasteiger charge is -2.18. The monoisotopic (exact) mass is 288 g/mol. The van der Waals surface area contributed by atoms with Gasteiger partial charge in [0.05, 0.1) is 10.6 Å².